The zero-order chi connectivity index (χ0) is 20.4. The van der Waals surface area contributed by atoms with Crippen molar-refractivity contribution < 1.29 is 14.1 Å². The Morgan fingerprint density at radius 3 is 2.86 bits per heavy atom. The van der Waals surface area contributed by atoms with Gasteiger partial charge in [0.1, 0.15) is 11.4 Å². The fourth-order valence-electron chi connectivity index (χ4n) is 3.23. The number of nitrogens with zero attached hydrogens (tertiary/aromatic N) is 3. The van der Waals surface area contributed by atoms with Crippen LogP contribution in [0.15, 0.2) is 53.1 Å². The SMILES string of the molecule is COc1ccccc1C(=O)N(C)CCc1noc(-c2cc3cc(C)ccc3[nH]2)n1. The summed E-state index contributed by atoms with van der Waals surface area (Å²) >= 11 is 0. The number of rotatable bonds is 6. The van der Waals surface area contributed by atoms with E-state index in [-0.39, 0.29) is 5.91 Å². The van der Waals surface area contributed by atoms with E-state index in [1.165, 1.54) is 5.56 Å². The van der Waals surface area contributed by atoms with Gasteiger partial charge in [-0.25, -0.2) is 0 Å². The molecule has 1 amide bonds. The Morgan fingerprint density at radius 1 is 1.21 bits per heavy atom. The number of benzene rings is 2. The zero-order valence-electron chi connectivity index (χ0n) is 16.6. The number of amides is 1. The van der Waals surface area contributed by atoms with E-state index in [0.29, 0.717) is 36.0 Å². The van der Waals surface area contributed by atoms with Crippen LogP contribution >= 0.6 is 0 Å². The van der Waals surface area contributed by atoms with Crippen LogP contribution in [0.3, 0.4) is 0 Å². The number of carbonyl (C=O) groups excluding carboxylic acids is 1. The summed E-state index contributed by atoms with van der Waals surface area (Å²) in [7, 11) is 3.30. The summed E-state index contributed by atoms with van der Waals surface area (Å²) in [6, 6.07) is 15.4. The molecule has 2 heterocycles. The predicted octanol–water partition coefficient (Wildman–Crippen LogP) is 3.85. The van der Waals surface area contributed by atoms with Gasteiger partial charge in [-0.05, 0) is 37.3 Å². The van der Waals surface area contributed by atoms with E-state index in [4.69, 9.17) is 9.26 Å². The second-order valence-electron chi connectivity index (χ2n) is 6.97. The van der Waals surface area contributed by atoms with Crippen LogP contribution in [0, 0.1) is 6.92 Å². The Balaban J connectivity index is 1.44. The number of H-pyrrole nitrogens is 1. The van der Waals surface area contributed by atoms with Crippen LogP contribution in [0.1, 0.15) is 21.7 Å². The van der Waals surface area contributed by atoms with Crippen molar-refractivity contribution in [3.05, 3.63) is 65.5 Å². The van der Waals surface area contributed by atoms with Crippen LogP contribution in [0.2, 0.25) is 0 Å². The number of aryl methyl sites for hydroxylation is 1. The molecule has 0 atom stereocenters. The van der Waals surface area contributed by atoms with Crippen molar-refractivity contribution in [1.82, 2.24) is 20.0 Å². The van der Waals surface area contributed by atoms with Crippen molar-refractivity contribution in [3.8, 4) is 17.3 Å². The number of aromatic nitrogens is 3. The Labute approximate surface area is 168 Å². The summed E-state index contributed by atoms with van der Waals surface area (Å²) in [6.07, 6.45) is 0.486. The maximum atomic E-state index is 12.7. The van der Waals surface area contributed by atoms with Gasteiger partial charge in [-0.1, -0.05) is 28.9 Å². The van der Waals surface area contributed by atoms with Gasteiger partial charge in [-0.15, -0.1) is 0 Å². The van der Waals surface area contributed by atoms with E-state index >= 15 is 0 Å². The average molecular weight is 390 g/mol. The van der Waals surface area contributed by atoms with E-state index in [0.717, 1.165) is 16.6 Å². The molecule has 148 valence electrons. The topological polar surface area (TPSA) is 84.2 Å². The lowest BCUT2D eigenvalue weighted by Gasteiger charge is -2.17. The fourth-order valence-corrected chi connectivity index (χ4v) is 3.23. The molecule has 7 heteroatoms. The van der Waals surface area contributed by atoms with Crippen LogP contribution in [0.4, 0.5) is 0 Å². The van der Waals surface area contributed by atoms with Crippen molar-refractivity contribution in [2.24, 2.45) is 0 Å². The van der Waals surface area contributed by atoms with Crippen molar-refractivity contribution in [3.63, 3.8) is 0 Å². The van der Waals surface area contributed by atoms with Crippen molar-refractivity contribution in [2.45, 2.75) is 13.3 Å². The number of nitrogens with one attached hydrogen (secondary N) is 1. The molecule has 0 aliphatic carbocycles. The molecular weight excluding hydrogens is 368 g/mol. The third-order valence-corrected chi connectivity index (χ3v) is 4.83. The smallest absolute Gasteiger partial charge is 0.274 e. The summed E-state index contributed by atoms with van der Waals surface area (Å²) in [6.45, 7) is 2.52. The molecular formula is C22H22N4O3. The molecule has 0 unspecified atom stereocenters. The molecule has 0 aliphatic heterocycles. The molecule has 0 radical (unpaired) electrons. The molecule has 29 heavy (non-hydrogen) atoms. The van der Waals surface area contributed by atoms with Gasteiger partial charge in [0.25, 0.3) is 11.8 Å². The molecule has 0 aliphatic rings. The highest BCUT2D eigenvalue weighted by atomic mass is 16.5. The highest BCUT2D eigenvalue weighted by molar-refractivity contribution is 5.96. The number of hydrogen-bond donors (Lipinski definition) is 1. The fraction of sp³-hybridized carbons (Fsp3) is 0.227. The Kier molecular flexibility index (Phi) is 5.03. The van der Waals surface area contributed by atoms with Crippen LogP contribution in [0.5, 0.6) is 5.75 Å². The molecule has 2 aromatic heterocycles. The summed E-state index contributed by atoms with van der Waals surface area (Å²) in [5, 5.41) is 5.15. The Morgan fingerprint density at radius 2 is 2.03 bits per heavy atom. The van der Waals surface area contributed by atoms with Crippen LogP contribution < -0.4 is 4.74 Å². The third kappa shape index (κ3) is 3.85. The molecule has 0 spiro atoms. The molecule has 7 nitrogen and oxygen atoms in total. The molecule has 2 aromatic carbocycles. The minimum Gasteiger partial charge on any atom is -0.496 e. The van der Waals surface area contributed by atoms with Gasteiger partial charge in [-0.3, -0.25) is 4.79 Å². The first-order chi connectivity index (χ1) is 14.0. The monoisotopic (exact) mass is 390 g/mol. The number of para-hydroxylation sites is 1. The van der Waals surface area contributed by atoms with Crippen molar-refractivity contribution in [2.75, 3.05) is 20.7 Å². The zero-order valence-corrected chi connectivity index (χ0v) is 16.6. The summed E-state index contributed by atoms with van der Waals surface area (Å²) in [5.41, 5.74) is 3.52. The average Bonchev–Trinajstić information content (AvgIpc) is 3.37. The first-order valence-electron chi connectivity index (χ1n) is 9.36. The van der Waals surface area contributed by atoms with E-state index in [1.54, 1.807) is 31.2 Å². The number of carbonyl (C=O) groups is 1. The van der Waals surface area contributed by atoms with Gasteiger partial charge in [-0.2, -0.15) is 4.98 Å². The molecule has 1 N–H and O–H groups in total. The number of hydrogen-bond acceptors (Lipinski definition) is 5. The molecule has 0 bridgehead atoms. The molecule has 0 fully saturated rings. The van der Waals surface area contributed by atoms with E-state index in [2.05, 4.69) is 34.2 Å². The Hall–Kier alpha value is -3.61. The lowest BCUT2D eigenvalue weighted by atomic mass is 10.1. The summed E-state index contributed by atoms with van der Waals surface area (Å²) in [5.74, 6) is 1.43. The van der Waals surface area contributed by atoms with Crippen LogP contribution in [0.25, 0.3) is 22.5 Å². The number of aromatic amines is 1. The maximum Gasteiger partial charge on any atom is 0.274 e. The number of methoxy groups -OCH3 is 1. The number of fused-ring (bicyclic) bond motifs is 1. The second kappa shape index (κ2) is 7.79. The predicted molar refractivity (Wildman–Crippen MR) is 110 cm³/mol. The van der Waals surface area contributed by atoms with Gasteiger partial charge in [0.15, 0.2) is 5.82 Å². The highest BCUT2D eigenvalue weighted by Crippen LogP contribution is 2.24. The molecule has 0 saturated carbocycles. The first-order valence-corrected chi connectivity index (χ1v) is 9.36. The van der Waals surface area contributed by atoms with Gasteiger partial charge in [0, 0.05) is 30.9 Å². The van der Waals surface area contributed by atoms with E-state index in [9.17, 15) is 4.79 Å². The van der Waals surface area contributed by atoms with Crippen molar-refractivity contribution >= 4 is 16.8 Å². The van der Waals surface area contributed by atoms with E-state index < -0.39 is 0 Å². The normalized spacial score (nSPS) is 11.0. The molecule has 4 rings (SSSR count). The maximum absolute atomic E-state index is 12.7. The highest BCUT2D eigenvalue weighted by Gasteiger charge is 2.17. The van der Waals surface area contributed by atoms with Gasteiger partial charge < -0.3 is 19.1 Å². The third-order valence-electron chi connectivity index (χ3n) is 4.83. The molecule has 0 saturated heterocycles. The number of ether oxygens (including phenoxy) is 1. The van der Waals surface area contributed by atoms with Crippen molar-refractivity contribution in [1.29, 1.82) is 0 Å². The number of likely N-dealkylation sites (N-methyl/N-ethyl adjacent to an activating group) is 1. The quantitative estimate of drug-likeness (QED) is 0.541. The minimum absolute atomic E-state index is 0.114. The van der Waals surface area contributed by atoms with Crippen LogP contribution in [-0.4, -0.2) is 46.6 Å². The summed E-state index contributed by atoms with van der Waals surface area (Å²) in [4.78, 5) is 22.1. The molecule has 4 aromatic rings. The largest absolute Gasteiger partial charge is 0.496 e. The van der Waals surface area contributed by atoms with Gasteiger partial charge in [0.05, 0.1) is 12.7 Å². The lowest BCUT2D eigenvalue weighted by molar-refractivity contribution is 0.0792. The van der Waals surface area contributed by atoms with E-state index in [1.807, 2.05) is 24.3 Å². The van der Waals surface area contributed by atoms with Crippen LogP contribution in [-0.2, 0) is 6.42 Å². The lowest BCUT2D eigenvalue weighted by Crippen LogP contribution is -2.29. The van der Waals surface area contributed by atoms with Gasteiger partial charge >= 0.3 is 0 Å². The Bertz CT molecular complexity index is 1160. The first kappa shape index (κ1) is 18.7. The minimum atomic E-state index is -0.114. The second-order valence-corrected chi connectivity index (χ2v) is 6.97. The summed E-state index contributed by atoms with van der Waals surface area (Å²) < 4.78 is 10.7. The standard InChI is InChI=1S/C22H22N4O3/c1-14-8-9-17-15(12-14)13-18(23-17)21-24-20(25-29-21)10-11-26(2)22(27)16-6-4-5-7-19(16)28-3/h4-9,12-13,23H,10-11H2,1-3H3. The van der Waals surface area contributed by atoms with Gasteiger partial charge in [0.2, 0.25) is 0 Å².